The van der Waals surface area contributed by atoms with Gasteiger partial charge in [-0.2, -0.15) is 0 Å². The smallest absolute Gasteiger partial charge is 0.195 e. The number of aromatic nitrogens is 6. The van der Waals surface area contributed by atoms with E-state index in [0.29, 0.717) is 0 Å². The van der Waals surface area contributed by atoms with Crippen LogP contribution in [0.1, 0.15) is 0 Å². The number of hydrogen-bond acceptors (Lipinski definition) is 6. The first kappa shape index (κ1) is 20.4. The van der Waals surface area contributed by atoms with Gasteiger partial charge in [0.15, 0.2) is 10.3 Å². The fraction of sp³-hybridized carbons (Fsp3) is 0. The number of rotatable bonds is 2. The molecule has 0 aliphatic carbocycles. The van der Waals surface area contributed by atoms with Crippen molar-refractivity contribution in [2.45, 2.75) is 0 Å². The van der Waals surface area contributed by atoms with E-state index in [4.69, 9.17) is 20.2 Å². The quantitative estimate of drug-likeness (QED) is 0.231. The molecule has 6 nitrogen and oxygen atoms in total. The van der Waals surface area contributed by atoms with E-state index in [1.807, 2.05) is 12.1 Å². The Morgan fingerprint density at radius 3 is 1.37 bits per heavy atom. The Balaban J connectivity index is 1.53. The number of thiazole rings is 2. The predicted octanol–water partition coefficient (Wildman–Crippen LogP) is 7.89. The molecule has 0 spiro atoms. The second kappa shape index (κ2) is 7.44. The first-order valence-corrected chi connectivity index (χ1v) is 13.9. The van der Waals surface area contributed by atoms with E-state index in [-0.39, 0.29) is 0 Å². The first-order valence-electron chi connectivity index (χ1n) is 12.3. The van der Waals surface area contributed by atoms with Gasteiger partial charge in [-0.05, 0) is 36.4 Å². The molecule has 9 aromatic rings. The minimum Gasteiger partial charge on any atom is -0.281 e. The van der Waals surface area contributed by atoms with Crippen LogP contribution < -0.4 is 0 Å². The lowest BCUT2D eigenvalue weighted by molar-refractivity contribution is 1.09. The fourth-order valence-electron chi connectivity index (χ4n) is 5.49. The van der Waals surface area contributed by atoms with E-state index in [1.54, 1.807) is 22.7 Å². The summed E-state index contributed by atoms with van der Waals surface area (Å²) in [5.74, 6) is 0. The molecular formula is C30H16N6S2. The van der Waals surface area contributed by atoms with Gasteiger partial charge in [0, 0.05) is 10.8 Å². The highest BCUT2D eigenvalue weighted by Crippen LogP contribution is 2.41. The van der Waals surface area contributed by atoms with Crippen molar-refractivity contribution >= 4 is 87.0 Å². The van der Waals surface area contributed by atoms with Crippen molar-refractivity contribution in [1.82, 2.24) is 29.3 Å². The summed E-state index contributed by atoms with van der Waals surface area (Å²) in [6.45, 7) is 0. The van der Waals surface area contributed by atoms with Crippen molar-refractivity contribution in [1.29, 1.82) is 0 Å². The molecule has 0 saturated heterocycles. The summed E-state index contributed by atoms with van der Waals surface area (Å²) in [6, 6.07) is 33.3. The zero-order chi connectivity index (χ0) is 24.8. The molecule has 0 fully saturated rings. The monoisotopic (exact) mass is 524 g/mol. The van der Waals surface area contributed by atoms with Crippen molar-refractivity contribution in [3.63, 3.8) is 0 Å². The van der Waals surface area contributed by atoms with Crippen LogP contribution in [-0.4, -0.2) is 29.3 Å². The molecule has 0 bridgehead atoms. The van der Waals surface area contributed by atoms with Gasteiger partial charge in [0.05, 0.1) is 31.5 Å². The van der Waals surface area contributed by atoms with Gasteiger partial charge in [-0.3, -0.25) is 9.13 Å². The van der Waals surface area contributed by atoms with Crippen LogP contribution in [0.3, 0.4) is 0 Å². The Labute approximate surface area is 223 Å². The van der Waals surface area contributed by atoms with Crippen LogP contribution in [0.2, 0.25) is 0 Å². The standard InChI is InChI=1S/C30H16N6S2/c1-5-13-21-17(9-1)25-27(35(21)29-31-19-11-3-7-15-23(19)37-29)28-26(34-33-25)18-10-2-6-14-22(18)36(28)30-32-20-12-4-8-16-24(20)38-30/h1-16H. The molecule has 38 heavy (non-hydrogen) atoms. The van der Waals surface area contributed by atoms with Gasteiger partial charge in [-0.25, -0.2) is 9.97 Å². The van der Waals surface area contributed by atoms with Gasteiger partial charge in [0.1, 0.15) is 22.1 Å². The third-order valence-corrected chi connectivity index (χ3v) is 9.16. The topological polar surface area (TPSA) is 61.4 Å². The summed E-state index contributed by atoms with van der Waals surface area (Å²) >= 11 is 3.37. The second-order valence-corrected chi connectivity index (χ2v) is 11.2. The van der Waals surface area contributed by atoms with Crippen molar-refractivity contribution in [2.24, 2.45) is 0 Å². The summed E-state index contributed by atoms with van der Waals surface area (Å²) < 4.78 is 6.82. The van der Waals surface area contributed by atoms with Gasteiger partial charge in [0.2, 0.25) is 0 Å². The van der Waals surface area contributed by atoms with E-state index >= 15 is 0 Å². The molecule has 9 rings (SSSR count). The lowest BCUT2D eigenvalue weighted by atomic mass is 10.2. The van der Waals surface area contributed by atoms with Crippen LogP contribution in [0.15, 0.2) is 97.1 Å². The van der Waals surface area contributed by atoms with Gasteiger partial charge in [-0.1, -0.05) is 83.3 Å². The molecule has 5 aromatic heterocycles. The number of benzene rings is 4. The normalized spacial score (nSPS) is 12.2. The third-order valence-electron chi connectivity index (χ3n) is 7.12. The van der Waals surface area contributed by atoms with Crippen LogP contribution in [-0.2, 0) is 0 Å². The summed E-state index contributed by atoms with van der Waals surface area (Å²) in [7, 11) is 0. The molecule has 0 amide bonds. The Hall–Kier alpha value is -4.66. The molecule has 8 heteroatoms. The van der Waals surface area contributed by atoms with E-state index < -0.39 is 0 Å². The molecule has 0 radical (unpaired) electrons. The minimum absolute atomic E-state index is 0.859. The lowest BCUT2D eigenvalue weighted by Crippen LogP contribution is -1.99. The van der Waals surface area contributed by atoms with E-state index in [9.17, 15) is 0 Å². The Bertz CT molecular complexity index is 2140. The largest absolute Gasteiger partial charge is 0.281 e. The van der Waals surface area contributed by atoms with Crippen LogP contribution in [0.25, 0.3) is 74.6 Å². The highest BCUT2D eigenvalue weighted by molar-refractivity contribution is 7.21. The number of fused-ring (bicyclic) bond motifs is 9. The number of hydrogen-bond donors (Lipinski definition) is 0. The van der Waals surface area contributed by atoms with E-state index in [1.165, 1.54) is 0 Å². The van der Waals surface area contributed by atoms with Gasteiger partial charge >= 0.3 is 0 Å². The molecule has 178 valence electrons. The Kier molecular flexibility index (Phi) is 3.99. The molecule has 0 N–H and O–H groups in total. The van der Waals surface area contributed by atoms with Crippen LogP contribution >= 0.6 is 22.7 Å². The fourth-order valence-corrected chi connectivity index (χ4v) is 7.47. The van der Waals surface area contributed by atoms with Crippen LogP contribution in [0.5, 0.6) is 0 Å². The summed E-state index contributed by atoms with van der Waals surface area (Å²) in [6.07, 6.45) is 0. The van der Waals surface area contributed by atoms with Crippen LogP contribution in [0, 0.1) is 0 Å². The first-order chi connectivity index (χ1) is 18.8. The predicted molar refractivity (Wildman–Crippen MR) is 157 cm³/mol. The Morgan fingerprint density at radius 1 is 0.474 bits per heavy atom. The van der Waals surface area contributed by atoms with Gasteiger partial charge < -0.3 is 0 Å². The summed E-state index contributed by atoms with van der Waals surface area (Å²) in [5.41, 5.74) is 7.80. The van der Waals surface area contributed by atoms with E-state index in [2.05, 4.69) is 94.1 Å². The average molecular weight is 525 g/mol. The SMILES string of the molecule is c1ccc2sc(-n3c4ccccc4c4nnc5c6ccccc6n(-c6nc7ccccc7s6)c5c43)nc2c1. The molecule has 0 unspecified atom stereocenters. The average Bonchev–Trinajstić information content (AvgIpc) is 3.72. The number of para-hydroxylation sites is 4. The lowest BCUT2D eigenvalue weighted by Gasteiger charge is -2.07. The van der Waals surface area contributed by atoms with Crippen molar-refractivity contribution in [2.75, 3.05) is 0 Å². The van der Waals surface area contributed by atoms with Crippen molar-refractivity contribution in [3.05, 3.63) is 97.1 Å². The van der Waals surface area contributed by atoms with Crippen molar-refractivity contribution < 1.29 is 0 Å². The van der Waals surface area contributed by atoms with Gasteiger partial charge in [0.25, 0.3) is 0 Å². The minimum atomic E-state index is 0.859. The van der Waals surface area contributed by atoms with Crippen molar-refractivity contribution in [3.8, 4) is 10.3 Å². The highest BCUT2D eigenvalue weighted by Gasteiger charge is 2.25. The summed E-state index contributed by atoms with van der Waals surface area (Å²) in [4.78, 5) is 10.1. The maximum Gasteiger partial charge on any atom is 0.195 e. The Morgan fingerprint density at radius 2 is 0.895 bits per heavy atom. The zero-order valence-electron chi connectivity index (χ0n) is 19.7. The molecule has 5 heterocycles. The second-order valence-electron chi connectivity index (χ2n) is 9.23. The zero-order valence-corrected chi connectivity index (χ0v) is 21.4. The third kappa shape index (κ3) is 2.65. The molecule has 0 aliphatic heterocycles. The van der Waals surface area contributed by atoms with E-state index in [0.717, 1.165) is 74.6 Å². The maximum atomic E-state index is 5.06. The maximum absolute atomic E-state index is 5.06. The number of nitrogens with zero attached hydrogens (tertiary/aromatic N) is 6. The summed E-state index contributed by atoms with van der Waals surface area (Å²) in [5, 5.41) is 13.6. The highest BCUT2D eigenvalue weighted by atomic mass is 32.1. The molecule has 0 atom stereocenters. The van der Waals surface area contributed by atoms with Gasteiger partial charge in [-0.15, -0.1) is 10.2 Å². The molecule has 4 aromatic carbocycles. The molecule has 0 saturated carbocycles. The van der Waals surface area contributed by atoms with Crippen LogP contribution in [0.4, 0.5) is 0 Å². The molecular weight excluding hydrogens is 509 g/mol. The molecule has 0 aliphatic rings.